The molecule has 0 saturated heterocycles. The first kappa shape index (κ1) is 51.0. The molecule has 4 unspecified atom stereocenters. The normalized spacial score (nSPS) is 14.8. The largest absolute Gasteiger partial charge is 0.443 e. The van der Waals surface area contributed by atoms with Crippen molar-refractivity contribution in [2.24, 2.45) is 22.7 Å². The Balaban J connectivity index is 2.48. The zero-order valence-electron chi connectivity index (χ0n) is 36.2. The van der Waals surface area contributed by atoms with Gasteiger partial charge in [-0.2, -0.15) is 17.6 Å². The van der Waals surface area contributed by atoms with Gasteiger partial charge >= 0.3 is 12.1 Å². The van der Waals surface area contributed by atoms with Gasteiger partial charge in [-0.25, -0.2) is 9.59 Å². The molecule has 0 aliphatic rings. The van der Waals surface area contributed by atoms with E-state index in [2.05, 4.69) is 83.8 Å². The van der Waals surface area contributed by atoms with Gasteiger partial charge in [-0.1, -0.05) is 60.2 Å². The molecule has 0 bridgehead atoms. The highest BCUT2D eigenvalue weighted by Crippen LogP contribution is 2.31. The predicted octanol–water partition coefficient (Wildman–Crippen LogP) is 7.43. The maximum absolute atomic E-state index is 13.2. The van der Waals surface area contributed by atoms with Gasteiger partial charge < -0.3 is 35.7 Å². The van der Waals surface area contributed by atoms with Crippen LogP contribution >= 0.6 is 24.4 Å². The Bertz CT molecular complexity index is 1460. The summed E-state index contributed by atoms with van der Waals surface area (Å²) in [5, 5.41) is 14.3. The van der Waals surface area contributed by atoms with Crippen molar-refractivity contribution in [3.05, 3.63) is 22.1 Å². The lowest BCUT2D eigenvalue weighted by atomic mass is 9.80. The van der Waals surface area contributed by atoms with Gasteiger partial charge in [0.05, 0.1) is 6.10 Å². The van der Waals surface area contributed by atoms with Crippen molar-refractivity contribution in [1.82, 2.24) is 31.2 Å². The van der Waals surface area contributed by atoms with Crippen LogP contribution in [-0.4, -0.2) is 88.2 Å². The topological polar surface area (TPSA) is 193 Å². The first-order valence-electron chi connectivity index (χ1n) is 20.0. The molecule has 0 saturated carbocycles. The highest BCUT2D eigenvalue weighted by Gasteiger charge is 2.36. The van der Waals surface area contributed by atoms with Crippen LogP contribution in [0.2, 0.25) is 0 Å². The summed E-state index contributed by atoms with van der Waals surface area (Å²) in [6.07, 6.45) is 4.20. The van der Waals surface area contributed by atoms with E-state index in [1.165, 1.54) is 17.8 Å². The summed E-state index contributed by atoms with van der Waals surface area (Å²) >= 11 is 5.48. The molecular formula is C40H73N7O7S2. The summed E-state index contributed by atoms with van der Waals surface area (Å²) in [6, 6.07) is 0.892. The molecule has 0 aliphatic carbocycles. The number of hydrogen-bond acceptors (Lipinski definition) is 10. The van der Waals surface area contributed by atoms with Crippen LogP contribution in [0.1, 0.15) is 127 Å². The summed E-state index contributed by atoms with van der Waals surface area (Å²) in [6.45, 7) is 25.6. The molecule has 56 heavy (non-hydrogen) atoms. The minimum Gasteiger partial charge on any atom is -0.443 e. The number of amides is 5. The zero-order chi connectivity index (χ0) is 42.7. The average Bonchev–Trinajstić information content (AvgIpc) is 3.04. The second-order valence-electron chi connectivity index (χ2n) is 17.6. The first-order chi connectivity index (χ1) is 25.9. The fraction of sp³-hybridized carbons (Fsp3) is 0.800. The fourth-order valence-electron chi connectivity index (χ4n) is 6.78. The molecule has 0 radical (unpaired) electrons. The number of thioether (sulfide) groups is 1. The Hall–Kier alpha value is -2.98. The van der Waals surface area contributed by atoms with E-state index in [9.17, 15) is 24.0 Å². The van der Waals surface area contributed by atoms with Crippen molar-refractivity contribution in [3.63, 3.8) is 0 Å². The van der Waals surface area contributed by atoms with E-state index >= 15 is 0 Å². The number of H-pyrrole nitrogens is 1. The summed E-state index contributed by atoms with van der Waals surface area (Å²) < 4.78 is 12.1. The minimum absolute atomic E-state index is 0.000848. The van der Waals surface area contributed by atoms with E-state index < -0.39 is 28.9 Å². The maximum Gasteiger partial charge on any atom is 0.407 e. The fourth-order valence-corrected chi connectivity index (χ4v) is 7.83. The van der Waals surface area contributed by atoms with Crippen LogP contribution < -0.4 is 32.1 Å². The molecule has 0 aliphatic heterocycles. The van der Waals surface area contributed by atoms with Gasteiger partial charge in [-0.3, -0.25) is 19.7 Å². The second-order valence-corrected chi connectivity index (χ2v) is 19.2. The molecule has 0 fully saturated rings. The van der Waals surface area contributed by atoms with E-state index in [1.54, 1.807) is 20.8 Å². The lowest BCUT2D eigenvalue weighted by Gasteiger charge is -2.35. The van der Waals surface area contributed by atoms with Crippen LogP contribution in [-0.2, 0) is 14.3 Å². The van der Waals surface area contributed by atoms with Gasteiger partial charge in [0.25, 0.3) is 16.7 Å². The summed E-state index contributed by atoms with van der Waals surface area (Å²) in [4.78, 5) is 68.7. The third-order valence-electron chi connectivity index (χ3n) is 9.66. The van der Waals surface area contributed by atoms with Crippen LogP contribution in [0.25, 0.3) is 0 Å². The number of nitrogens with zero attached hydrogens (tertiary/aromatic N) is 1. The summed E-state index contributed by atoms with van der Waals surface area (Å²) in [5.74, 6) is 1.80. The van der Waals surface area contributed by atoms with Crippen LogP contribution in [0.4, 0.5) is 20.3 Å². The van der Waals surface area contributed by atoms with Crippen LogP contribution in [0.3, 0.4) is 0 Å². The third kappa shape index (κ3) is 22.1. The van der Waals surface area contributed by atoms with Crippen LogP contribution in [0.5, 0.6) is 0 Å². The molecule has 5 amide bonds. The number of aromatic nitrogens is 2. The molecule has 14 nitrogen and oxygen atoms in total. The van der Waals surface area contributed by atoms with E-state index in [1.807, 2.05) is 27.7 Å². The Morgan fingerprint density at radius 1 is 0.875 bits per heavy atom. The number of hydrogen-bond donors (Lipinski definition) is 7. The molecule has 1 aromatic rings. The molecule has 1 heterocycles. The highest BCUT2D eigenvalue weighted by atomic mass is 32.2. The minimum atomic E-state index is -1.10. The van der Waals surface area contributed by atoms with E-state index in [-0.39, 0.29) is 45.9 Å². The quantitative estimate of drug-likeness (QED) is 0.0388. The molecule has 4 atom stereocenters. The number of anilines is 1. The van der Waals surface area contributed by atoms with Gasteiger partial charge in [0.2, 0.25) is 5.95 Å². The average molecular weight is 828 g/mol. The molecule has 16 heteroatoms. The van der Waals surface area contributed by atoms with Crippen molar-refractivity contribution in [2.75, 3.05) is 43.0 Å². The Morgan fingerprint density at radius 3 is 2.00 bits per heavy atom. The number of ether oxygens (including phenoxy) is 2. The molecule has 0 aromatic carbocycles. The van der Waals surface area contributed by atoms with Crippen LogP contribution in [0, 0.1) is 29.6 Å². The van der Waals surface area contributed by atoms with E-state index in [0.717, 1.165) is 37.2 Å². The number of carbonyl (C=O) groups excluding carboxylic acids is 4. The number of aryl methyl sites for hydroxylation is 1. The van der Waals surface area contributed by atoms with E-state index in [4.69, 9.17) is 9.47 Å². The van der Waals surface area contributed by atoms with Crippen molar-refractivity contribution >= 4 is 53.6 Å². The highest BCUT2D eigenvalue weighted by molar-refractivity contribution is 8.13. The Labute approximate surface area is 345 Å². The second kappa shape index (κ2) is 24.1. The third-order valence-corrected chi connectivity index (χ3v) is 10.9. The Morgan fingerprint density at radius 2 is 1.45 bits per heavy atom. The van der Waals surface area contributed by atoms with Crippen molar-refractivity contribution in [2.45, 2.75) is 145 Å². The number of nitrogens with one attached hydrogen (secondary N) is 6. The lowest BCUT2D eigenvalue weighted by molar-refractivity contribution is -0.153. The number of alkyl carbamates (subject to hydrolysis) is 1. The molecule has 0 spiro atoms. The molecular weight excluding hydrogens is 755 g/mol. The zero-order valence-corrected chi connectivity index (χ0v) is 37.9. The number of carbonyl (C=O) groups is 4. The van der Waals surface area contributed by atoms with Crippen molar-refractivity contribution < 1.29 is 28.7 Å². The SMILES string of the molecule is CCC(C)(CC(C)OC(C)(C)C(=O)NCC(C)CC(C)(C)CCNC(=O)SCCCS)OC(=O)NCCC(C)(C)CC(C)CNC(=O)Nc1nc(=O)cc(C)[nH]1. The van der Waals surface area contributed by atoms with Gasteiger partial charge in [0.15, 0.2) is 0 Å². The molecule has 1 aromatic heterocycles. The molecule has 322 valence electrons. The lowest BCUT2D eigenvalue weighted by Crippen LogP contribution is -2.48. The Kier molecular flexibility index (Phi) is 21.9. The molecule has 6 N–H and O–H groups in total. The maximum atomic E-state index is 13.2. The number of rotatable bonds is 25. The molecule has 1 rings (SSSR count). The van der Waals surface area contributed by atoms with Gasteiger partial charge in [-0.05, 0) is 102 Å². The smallest absolute Gasteiger partial charge is 0.407 e. The van der Waals surface area contributed by atoms with Crippen molar-refractivity contribution in [1.29, 1.82) is 0 Å². The number of urea groups is 1. The van der Waals surface area contributed by atoms with Crippen LogP contribution in [0.15, 0.2) is 10.9 Å². The monoisotopic (exact) mass is 828 g/mol. The van der Waals surface area contributed by atoms with Gasteiger partial charge in [-0.15, -0.1) is 0 Å². The standard InChI is InChI=1S/C40H73N7O7S2/c1-13-40(12,54-35(51)41-17-15-37(6,7)23-28(3)26-44-34(50)47-33-45-29(4)21-31(48)46-33)24-30(5)53-39(10,11)32(49)43-25-27(2)22-38(8,9)16-18-42-36(52)56-20-14-19-55/h21,27-28,30,55H,13-20,22-26H2,1-12H3,(H,41,51)(H,42,52)(H,43,49)(H3,44,45,46,47,48,50). The first-order valence-corrected chi connectivity index (χ1v) is 21.6. The number of aromatic amines is 1. The van der Waals surface area contributed by atoms with E-state index in [0.29, 0.717) is 51.1 Å². The van der Waals surface area contributed by atoms with Gasteiger partial charge in [0.1, 0.15) is 11.2 Å². The van der Waals surface area contributed by atoms with Gasteiger partial charge in [0, 0.05) is 50.1 Å². The summed E-state index contributed by atoms with van der Waals surface area (Å²) in [5.41, 5.74) is -1.88. The summed E-state index contributed by atoms with van der Waals surface area (Å²) in [7, 11) is 0. The number of thiol groups is 1. The van der Waals surface area contributed by atoms with Crippen molar-refractivity contribution in [3.8, 4) is 0 Å². The predicted molar refractivity (Wildman–Crippen MR) is 231 cm³/mol.